The third kappa shape index (κ3) is 16.0. The van der Waals surface area contributed by atoms with E-state index in [9.17, 15) is 23.1 Å². The average molecular weight is 398 g/mol. The summed E-state index contributed by atoms with van der Waals surface area (Å²) in [6.07, 6.45) is -0.128. The molecule has 0 saturated heterocycles. The second kappa shape index (κ2) is 10.6. The monoisotopic (exact) mass is 397 g/mol. The molecule has 0 aliphatic carbocycles. The van der Waals surface area contributed by atoms with E-state index in [4.69, 9.17) is 9.29 Å². The van der Waals surface area contributed by atoms with Gasteiger partial charge in [-0.1, -0.05) is 6.58 Å². The minimum absolute atomic E-state index is 0.0694. The summed E-state index contributed by atoms with van der Waals surface area (Å²) in [5.74, 6) is -1.77. The van der Waals surface area contributed by atoms with Gasteiger partial charge >= 0.3 is 5.97 Å². The predicted octanol–water partition coefficient (Wildman–Crippen LogP) is -0.751. The maximum atomic E-state index is 11.4. The minimum Gasteiger partial charge on any atom is -0.544 e. The van der Waals surface area contributed by atoms with E-state index in [0.717, 1.165) is 0 Å². The molecule has 26 heavy (non-hydrogen) atoms. The van der Waals surface area contributed by atoms with E-state index in [1.807, 2.05) is 14.1 Å². The molecule has 0 aromatic carbocycles. The molecule has 154 valence electrons. The second-order valence-corrected chi connectivity index (χ2v) is 9.32. The third-order valence-electron chi connectivity index (χ3n) is 3.35. The zero-order chi connectivity index (χ0) is 21.3. The summed E-state index contributed by atoms with van der Waals surface area (Å²) < 4.78 is 35.8. The van der Waals surface area contributed by atoms with Crippen molar-refractivity contribution in [3.8, 4) is 0 Å². The number of ether oxygens (including phenoxy) is 1. The standard InChI is InChI=1S/C11H21NO5S.C5H11NO2/c1-9(2)11(13)17-10(3)12(4,5)7-6-8-18(14,15)16;1-6(2,3)4-5(7)8/h10H,1,6-8H2,2-5H3;4H2,1-3H3/p+1. The molecule has 0 bridgehead atoms. The first-order chi connectivity index (χ1) is 11.4. The number of carbonyl (C=O) groups is 2. The van der Waals surface area contributed by atoms with E-state index in [1.54, 1.807) is 35.0 Å². The lowest BCUT2D eigenvalue weighted by Gasteiger charge is -2.34. The third-order valence-corrected chi connectivity index (χ3v) is 4.16. The molecule has 9 nitrogen and oxygen atoms in total. The van der Waals surface area contributed by atoms with Crippen molar-refractivity contribution >= 4 is 22.1 Å². The number of likely N-dealkylation sites (N-methyl/N-ethyl adjacent to an activating group) is 1. The maximum Gasteiger partial charge on any atom is 0.337 e. The van der Waals surface area contributed by atoms with Crippen molar-refractivity contribution < 1.29 is 41.4 Å². The summed E-state index contributed by atoms with van der Waals surface area (Å²) >= 11 is 0. The lowest BCUT2D eigenvalue weighted by atomic mass is 10.3. The molecule has 0 heterocycles. The van der Waals surface area contributed by atoms with Crippen LogP contribution in [0.25, 0.3) is 0 Å². The Hall–Kier alpha value is -1.49. The van der Waals surface area contributed by atoms with Crippen LogP contribution in [-0.4, -0.2) is 94.2 Å². The van der Waals surface area contributed by atoms with Gasteiger partial charge in [0.2, 0.25) is 6.23 Å². The lowest BCUT2D eigenvalue weighted by Crippen LogP contribution is -2.50. The van der Waals surface area contributed by atoms with E-state index < -0.39 is 28.3 Å². The molecule has 0 amide bonds. The average Bonchev–Trinajstić information content (AvgIpc) is 2.33. The number of carbonyl (C=O) groups excluding carboxylic acids is 2. The molecule has 1 N–H and O–H groups in total. The Morgan fingerprint density at radius 1 is 1.19 bits per heavy atom. The molecule has 0 rings (SSSR count). The second-order valence-electron chi connectivity index (χ2n) is 7.75. The highest BCUT2D eigenvalue weighted by molar-refractivity contribution is 7.85. The highest BCUT2D eigenvalue weighted by atomic mass is 32.2. The number of quaternary nitrogens is 2. The number of carboxylic acids is 1. The van der Waals surface area contributed by atoms with Crippen LogP contribution in [-0.2, 0) is 24.4 Å². The van der Waals surface area contributed by atoms with Crippen molar-refractivity contribution in [1.82, 2.24) is 0 Å². The molecule has 0 spiro atoms. The van der Waals surface area contributed by atoms with Gasteiger partial charge in [0.25, 0.3) is 10.1 Å². The highest BCUT2D eigenvalue weighted by Gasteiger charge is 2.27. The van der Waals surface area contributed by atoms with Crippen LogP contribution in [0.5, 0.6) is 0 Å². The van der Waals surface area contributed by atoms with Gasteiger partial charge in [-0.05, 0) is 6.92 Å². The summed E-state index contributed by atoms with van der Waals surface area (Å²) in [6.45, 7) is 7.32. The van der Waals surface area contributed by atoms with E-state index in [2.05, 4.69) is 6.58 Å². The van der Waals surface area contributed by atoms with Crippen molar-refractivity contribution in [1.29, 1.82) is 0 Å². The van der Waals surface area contributed by atoms with Gasteiger partial charge in [-0.3, -0.25) is 9.04 Å². The van der Waals surface area contributed by atoms with E-state index in [-0.39, 0.29) is 12.3 Å². The Balaban J connectivity index is 0. The first-order valence-corrected chi connectivity index (χ1v) is 9.63. The van der Waals surface area contributed by atoms with Gasteiger partial charge in [-0.2, -0.15) is 8.42 Å². The maximum absolute atomic E-state index is 11.4. The van der Waals surface area contributed by atoms with Crippen LogP contribution < -0.4 is 5.11 Å². The van der Waals surface area contributed by atoms with Crippen LogP contribution in [0, 0.1) is 0 Å². The number of nitrogens with zero attached hydrogens (tertiary/aromatic N) is 2. The molecule has 0 aromatic rings. The predicted molar refractivity (Wildman–Crippen MR) is 96.3 cm³/mol. The van der Waals surface area contributed by atoms with Gasteiger partial charge in [-0.25, -0.2) is 4.79 Å². The van der Waals surface area contributed by atoms with Gasteiger partial charge in [0.05, 0.1) is 53.5 Å². The lowest BCUT2D eigenvalue weighted by molar-refractivity contribution is -0.932. The summed E-state index contributed by atoms with van der Waals surface area (Å²) in [7, 11) is 5.10. The number of rotatable bonds is 9. The fourth-order valence-electron chi connectivity index (χ4n) is 1.62. The first-order valence-electron chi connectivity index (χ1n) is 8.02. The van der Waals surface area contributed by atoms with Crippen LogP contribution >= 0.6 is 0 Å². The SMILES string of the molecule is C=C(C)C(=O)OC(C)[N+](C)(C)CCCS(=O)(=O)O.C[N+](C)(C)CC(=O)[O-]. The number of hydrogen-bond acceptors (Lipinski definition) is 6. The van der Waals surface area contributed by atoms with Gasteiger partial charge in [0.15, 0.2) is 0 Å². The number of aliphatic carboxylic acids is 1. The Labute approximate surface area is 156 Å². The van der Waals surface area contributed by atoms with Crippen molar-refractivity contribution in [2.45, 2.75) is 26.5 Å². The smallest absolute Gasteiger partial charge is 0.337 e. The molecule has 0 aliphatic rings. The Morgan fingerprint density at radius 3 is 1.92 bits per heavy atom. The topological polar surface area (TPSA) is 121 Å². The molecule has 0 radical (unpaired) electrons. The van der Waals surface area contributed by atoms with Crippen LogP contribution in [0.2, 0.25) is 0 Å². The normalized spacial score (nSPS) is 13.2. The quantitative estimate of drug-likeness (QED) is 0.179. The zero-order valence-electron chi connectivity index (χ0n) is 16.8. The molecular formula is C16H33N2O7S+. The van der Waals surface area contributed by atoms with Gasteiger partial charge in [0, 0.05) is 18.9 Å². The van der Waals surface area contributed by atoms with Crippen molar-refractivity contribution in [2.75, 3.05) is 54.1 Å². The summed E-state index contributed by atoms with van der Waals surface area (Å²) in [5.41, 5.74) is 0.319. The summed E-state index contributed by atoms with van der Waals surface area (Å²) in [6, 6.07) is 0. The number of carboxylic acid groups (broad SMARTS) is 1. The van der Waals surface area contributed by atoms with Gasteiger partial charge in [-0.15, -0.1) is 0 Å². The van der Waals surface area contributed by atoms with E-state index in [0.29, 0.717) is 27.5 Å². The fraction of sp³-hybridized carbons (Fsp3) is 0.750. The highest BCUT2D eigenvalue weighted by Crippen LogP contribution is 2.11. The molecule has 10 heteroatoms. The molecule has 1 atom stereocenters. The molecule has 0 aliphatic heterocycles. The minimum atomic E-state index is -3.94. The Morgan fingerprint density at radius 2 is 1.65 bits per heavy atom. The number of esters is 1. The van der Waals surface area contributed by atoms with Crippen molar-refractivity contribution in [3.63, 3.8) is 0 Å². The summed E-state index contributed by atoms with van der Waals surface area (Å²) in [5, 5.41) is 9.89. The molecular weight excluding hydrogens is 364 g/mol. The van der Waals surface area contributed by atoms with Gasteiger partial charge in [0.1, 0.15) is 6.54 Å². The van der Waals surface area contributed by atoms with Crippen LogP contribution in [0.1, 0.15) is 20.3 Å². The molecule has 1 unspecified atom stereocenters. The fourth-order valence-corrected chi connectivity index (χ4v) is 2.12. The van der Waals surface area contributed by atoms with Crippen LogP contribution in [0.3, 0.4) is 0 Å². The zero-order valence-corrected chi connectivity index (χ0v) is 17.6. The van der Waals surface area contributed by atoms with Crippen LogP contribution in [0.4, 0.5) is 0 Å². The molecule has 0 aromatic heterocycles. The van der Waals surface area contributed by atoms with E-state index >= 15 is 0 Å². The molecule has 0 saturated carbocycles. The van der Waals surface area contributed by atoms with Crippen LogP contribution in [0.15, 0.2) is 12.2 Å². The molecule has 0 fully saturated rings. The largest absolute Gasteiger partial charge is 0.544 e. The van der Waals surface area contributed by atoms with Crippen molar-refractivity contribution in [3.05, 3.63) is 12.2 Å². The Kier molecular flexibility index (Phi) is 10.9. The number of hydrogen-bond donors (Lipinski definition) is 1. The van der Waals surface area contributed by atoms with Gasteiger partial charge < -0.3 is 19.1 Å². The summed E-state index contributed by atoms with van der Waals surface area (Å²) in [4.78, 5) is 21.3. The first kappa shape index (κ1) is 26.7. The van der Waals surface area contributed by atoms with Crippen molar-refractivity contribution in [2.24, 2.45) is 0 Å². The van der Waals surface area contributed by atoms with E-state index in [1.165, 1.54) is 0 Å². The Bertz CT molecular complexity index is 592.